The number of carbonyl (C=O) groups excluding carboxylic acids is 3. The number of Topliss-reactive ketones (excluding diaryl/α,β-unsaturated/α-hetero) is 3. The molecule has 0 spiro atoms. The summed E-state index contributed by atoms with van der Waals surface area (Å²) >= 11 is 0. The average Bonchev–Trinajstić information content (AvgIpc) is 2.84. The number of hydrogen-bond donors (Lipinski definition) is 0. The molecule has 0 heterocycles. The zero-order valence-electron chi connectivity index (χ0n) is 27.0. The molecule has 0 fully saturated rings. The maximum Gasteiger partial charge on any atom is 0.163 e. The first-order valence-electron chi connectivity index (χ1n) is 15.8. The van der Waals surface area contributed by atoms with Gasteiger partial charge in [-0.3, -0.25) is 14.4 Å². The van der Waals surface area contributed by atoms with Gasteiger partial charge in [-0.05, 0) is 99.3 Å². The molecule has 0 bridgehead atoms. The Hall–Kier alpha value is -2.03. The van der Waals surface area contributed by atoms with Crippen molar-refractivity contribution < 1.29 is 14.4 Å². The first-order chi connectivity index (χ1) is 18.4. The topological polar surface area (TPSA) is 51.2 Å². The van der Waals surface area contributed by atoms with Crippen molar-refractivity contribution in [1.82, 2.24) is 0 Å². The van der Waals surface area contributed by atoms with Crippen molar-refractivity contribution in [3.63, 3.8) is 0 Å². The van der Waals surface area contributed by atoms with Gasteiger partial charge in [-0.15, -0.1) is 0 Å². The standard InChI is InChI=1S/C33H50O3.C3H8/c1-9-12-22(6)14-15-26-20-29(21(4)5)30-18-25(19-32(36)33(30)24(26)8)17-27(13-10-2)28(11-3)31(35)16-23(7)34;1-3-2/h12,20-21,25,27-28H,9-11,13-19H2,1-8H3;3H2,1-2H3/b22-12+;. The van der Waals surface area contributed by atoms with Crippen molar-refractivity contribution in [2.75, 3.05) is 0 Å². The fraction of sp³-hybridized carbons (Fsp3) is 0.694. The van der Waals surface area contributed by atoms with Crippen LogP contribution in [0.3, 0.4) is 0 Å². The summed E-state index contributed by atoms with van der Waals surface area (Å²) in [5.74, 6) is 1.09. The van der Waals surface area contributed by atoms with Crippen molar-refractivity contribution in [2.45, 2.75) is 146 Å². The molecule has 0 saturated heterocycles. The largest absolute Gasteiger partial charge is 0.300 e. The maximum atomic E-state index is 13.6. The van der Waals surface area contributed by atoms with E-state index >= 15 is 0 Å². The lowest BCUT2D eigenvalue weighted by molar-refractivity contribution is -0.129. The Kier molecular flexibility index (Phi) is 15.8. The number of allylic oxidation sites excluding steroid dienone is 2. The first-order valence-corrected chi connectivity index (χ1v) is 15.8. The molecule has 3 atom stereocenters. The van der Waals surface area contributed by atoms with Gasteiger partial charge in [0, 0.05) is 17.9 Å². The molecule has 3 unspecified atom stereocenters. The molecular formula is C36H58O3. The molecule has 0 N–H and O–H groups in total. The third-order valence-corrected chi connectivity index (χ3v) is 8.19. The second kappa shape index (κ2) is 17.6. The summed E-state index contributed by atoms with van der Waals surface area (Å²) in [6, 6.07) is 2.38. The Morgan fingerprint density at radius 1 is 1.05 bits per heavy atom. The first kappa shape index (κ1) is 35.0. The second-order valence-corrected chi connectivity index (χ2v) is 12.3. The quantitative estimate of drug-likeness (QED) is 0.175. The second-order valence-electron chi connectivity index (χ2n) is 12.3. The van der Waals surface area contributed by atoms with Crippen LogP contribution in [0.1, 0.15) is 159 Å². The molecule has 1 aliphatic rings. The highest BCUT2D eigenvalue weighted by Gasteiger charge is 2.34. The Labute approximate surface area is 240 Å². The molecule has 220 valence electrons. The van der Waals surface area contributed by atoms with Gasteiger partial charge in [-0.2, -0.15) is 0 Å². The molecular weight excluding hydrogens is 480 g/mol. The predicted octanol–water partition coefficient (Wildman–Crippen LogP) is 9.95. The average molecular weight is 539 g/mol. The van der Waals surface area contributed by atoms with E-state index in [1.54, 1.807) is 0 Å². The Bertz CT molecular complexity index is 982. The van der Waals surface area contributed by atoms with E-state index in [2.05, 4.69) is 74.5 Å². The fourth-order valence-electron chi connectivity index (χ4n) is 6.44. The number of aryl methyl sites for hydroxylation is 1. The molecule has 0 amide bonds. The summed E-state index contributed by atoms with van der Waals surface area (Å²) in [5, 5.41) is 0. The highest BCUT2D eigenvalue weighted by atomic mass is 16.1. The van der Waals surface area contributed by atoms with E-state index < -0.39 is 0 Å². The molecule has 1 aromatic carbocycles. The van der Waals surface area contributed by atoms with Gasteiger partial charge in [-0.25, -0.2) is 0 Å². The van der Waals surface area contributed by atoms with Crippen molar-refractivity contribution >= 4 is 17.3 Å². The van der Waals surface area contributed by atoms with Gasteiger partial charge >= 0.3 is 0 Å². The van der Waals surface area contributed by atoms with Crippen molar-refractivity contribution in [3.05, 3.63) is 45.5 Å². The van der Waals surface area contributed by atoms with Crippen LogP contribution in [0.25, 0.3) is 0 Å². The third kappa shape index (κ3) is 10.5. The minimum Gasteiger partial charge on any atom is -0.300 e. The van der Waals surface area contributed by atoms with E-state index in [-0.39, 0.29) is 41.5 Å². The van der Waals surface area contributed by atoms with Crippen molar-refractivity contribution in [1.29, 1.82) is 0 Å². The SMILES string of the molecule is CC/C=C(\C)CCc1cc(C(C)C)c2c(c1C)C(=O)CC(CC(CCC)C(CC)C(=O)CC(C)=O)C2.CCC. The van der Waals surface area contributed by atoms with Crippen LogP contribution in [-0.2, 0) is 22.4 Å². The van der Waals surface area contributed by atoms with E-state index in [0.29, 0.717) is 12.3 Å². The van der Waals surface area contributed by atoms with Crippen molar-refractivity contribution in [3.8, 4) is 0 Å². The van der Waals surface area contributed by atoms with Gasteiger partial charge in [0.25, 0.3) is 0 Å². The Morgan fingerprint density at radius 2 is 1.69 bits per heavy atom. The summed E-state index contributed by atoms with van der Waals surface area (Å²) in [4.78, 5) is 38.1. The number of ketones is 3. The van der Waals surface area contributed by atoms with Gasteiger partial charge in [0.2, 0.25) is 0 Å². The lowest BCUT2D eigenvalue weighted by Gasteiger charge is -2.33. The van der Waals surface area contributed by atoms with Crippen LogP contribution in [0.2, 0.25) is 0 Å². The summed E-state index contributed by atoms with van der Waals surface area (Å²) in [6.45, 7) is 21.0. The normalized spacial score (nSPS) is 16.8. The van der Waals surface area contributed by atoms with Gasteiger partial charge < -0.3 is 0 Å². The van der Waals surface area contributed by atoms with Gasteiger partial charge in [0.05, 0.1) is 6.42 Å². The lowest BCUT2D eigenvalue weighted by Crippen LogP contribution is -2.30. The Balaban J connectivity index is 0.00000242. The number of hydrogen-bond acceptors (Lipinski definition) is 3. The molecule has 0 saturated carbocycles. The predicted molar refractivity (Wildman–Crippen MR) is 167 cm³/mol. The highest BCUT2D eigenvalue weighted by molar-refractivity contribution is 6.01. The van der Waals surface area contributed by atoms with Crippen LogP contribution in [0.4, 0.5) is 0 Å². The minimum atomic E-state index is -0.0848. The minimum absolute atomic E-state index is 0.0392. The van der Waals surface area contributed by atoms with Crippen LogP contribution in [0, 0.1) is 24.7 Å². The van der Waals surface area contributed by atoms with Gasteiger partial charge in [-0.1, -0.05) is 85.4 Å². The van der Waals surface area contributed by atoms with E-state index in [4.69, 9.17) is 0 Å². The van der Waals surface area contributed by atoms with Crippen LogP contribution in [-0.4, -0.2) is 17.3 Å². The smallest absolute Gasteiger partial charge is 0.163 e. The van der Waals surface area contributed by atoms with Gasteiger partial charge in [0.15, 0.2) is 5.78 Å². The fourth-order valence-corrected chi connectivity index (χ4v) is 6.44. The molecule has 0 radical (unpaired) electrons. The molecule has 3 nitrogen and oxygen atoms in total. The number of benzene rings is 1. The van der Waals surface area contributed by atoms with E-state index in [9.17, 15) is 14.4 Å². The lowest BCUT2D eigenvalue weighted by atomic mass is 9.70. The zero-order valence-corrected chi connectivity index (χ0v) is 27.0. The highest BCUT2D eigenvalue weighted by Crippen LogP contribution is 2.40. The molecule has 3 heteroatoms. The molecule has 0 aromatic heterocycles. The summed E-state index contributed by atoms with van der Waals surface area (Å²) in [6.07, 6.45) is 11.8. The van der Waals surface area contributed by atoms with E-state index in [1.165, 1.54) is 41.2 Å². The van der Waals surface area contributed by atoms with Crippen molar-refractivity contribution in [2.24, 2.45) is 17.8 Å². The monoisotopic (exact) mass is 538 g/mol. The molecule has 2 rings (SSSR count). The van der Waals surface area contributed by atoms with Crippen LogP contribution in [0.15, 0.2) is 17.7 Å². The molecule has 0 aliphatic heterocycles. The zero-order chi connectivity index (χ0) is 29.7. The summed E-state index contributed by atoms with van der Waals surface area (Å²) in [7, 11) is 0. The van der Waals surface area contributed by atoms with Gasteiger partial charge in [0.1, 0.15) is 11.6 Å². The number of rotatable bonds is 14. The Morgan fingerprint density at radius 3 is 2.21 bits per heavy atom. The van der Waals surface area contributed by atoms with Crippen LogP contribution >= 0.6 is 0 Å². The summed E-state index contributed by atoms with van der Waals surface area (Å²) < 4.78 is 0. The molecule has 39 heavy (non-hydrogen) atoms. The van der Waals surface area contributed by atoms with E-state index in [0.717, 1.165) is 56.9 Å². The molecule has 1 aromatic rings. The number of fused-ring (bicyclic) bond motifs is 1. The number of carbonyl (C=O) groups is 3. The third-order valence-electron chi connectivity index (χ3n) is 8.19. The van der Waals surface area contributed by atoms with Crippen LogP contribution in [0.5, 0.6) is 0 Å². The van der Waals surface area contributed by atoms with Crippen LogP contribution < -0.4 is 0 Å². The van der Waals surface area contributed by atoms with E-state index in [1.807, 2.05) is 0 Å². The summed E-state index contributed by atoms with van der Waals surface area (Å²) in [5.41, 5.74) is 7.47. The maximum absolute atomic E-state index is 13.6. The molecule has 1 aliphatic carbocycles.